The maximum Gasteiger partial charge on any atom is 0.142 e. The molecule has 0 saturated heterocycles. The molecule has 0 bridgehead atoms. The Labute approximate surface area is 108 Å². The van der Waals surface area contributed by atoms with Gasteiger partial charge in [0.15, 0.2) is 0 Å². The van der Waals surface area contributed by atoms with Gasteiger partial charge in [0.2, 0.25) is 0 Å². The summed E-state index contributed by atoms with van der Waals surface area (Å²) >= 11 is 3.20. The van der Waals surface area contributed by atoms with E-state index in [1.54, 1.807) is 25.4 Å². The van der Waals surface area contributed by atoms with Gasteiger partial charge in [0.25, 0.3) is 0 Å². The van der Waals surface area contributed by atoms with Crippen molar-refractivity contribution in [2.45, 2.75) is 6.04 Å². The molecule has 0 fully saturated rings. The van der Waals surface area contributed by atoms with Gasteiger partial charge in [-0.15, -0.1) is 0 Å². The van der Waals surface area contributed by atoms with Crippen molar-refractivity contribution < 1.29 is 4.39 Å². The van der Waals surface area contributed by atoms with Crippen LogP contribution in [0.2, 0.25) is 0 Å². The van der Waals surface area contributed by atoms with Crippen LogP contribution in [0.4, 0.5) is 4.39 Å². The van der Waals surface area contributed by atoms with E-state index in [4.69, 9.17) is 0 Å². The Morgan fingerprint density at radius 2 is 2.24 bits per heavy atom. The van der Waals surface area contributed by atoms with Crippen LogP contribution in [-0.4, -0.2) is 16.6 Å². The highest BCUT2D eigenvalue weighted by Crippen LogP contribution is 2.27. The number of rotatable bonds is 3. The average Bonchev–Trinajstić information content (AvgIpc) is 2.72. The molecule has 0 radical (unpaired) electrons. The number of nitrogens with zero attached hydrogens (tertiary/aromatic N) is 2. The quantitative estimate of drug-likeness (QED) is 0.944. The van der Waals surface area contributed by atoms with Gasteiger partial charge in [-0.3, -0.25) is 0 Å². The monoisotopic (exact) mass is 297 g/mol. The Morgan fingerprint density at radius 3 is 2.82 bits per heavy atom. The molecular formula is C12H13BrFN3. The van der Waals surface area contributed by atoms with Crippen molar-refractivity contribution in [3.8, 4) is 0 Å². The number of hydrogen-bond donors (Lipinski definition) is 1. The molecule has 2 aromatic rings. The molecule has 0 saturated carbocycles. The summed E-state index contributed by atoms with van der Waals surface area (Å²) in [5, 5.41) is 3.09. The molecule has 0 spiro atoms. The molecule has 0 aliphatic rings. The van der Waals surface area contributed by atoms with Crippen LogP contribution in [0, 0.1) is 5.82 Å². The minimum atomic E-state index is -0.257. The van der Waals surface area contributed by atoms with Crippen molar-refractivity contribution in [2.75, 3.05) is 7.05 Å². The Balaban J connectivity index is 2.50. The first-order valence-corrected chi connectivity index (χ1v) is 6.03. The van der Waals surface area contributed by atoms with Gasteiger partial charge in [-0.2, -0.15) is 0 Å². The maximum absolute atomic E-state index is 14.0. The van der Waals surface area contributed by atoms with Crippen LogP contribution in [0.1, 0.15) is 17.4 Å². The molecule has 1 atom stereocenters. The first-order chi connectivity index (χ1) is 8.15. The Morgan fingerprint density at radius 1 is 1.47 bits per heavy atom. The molecular weight excluding hydrogens is 285 g/mol. The number of benzene rings is 1. The summed E-state index contributed by atoms with van der Waals surface area (Å²) < 4.78 is 16.4. The molecule has 1 unspecified atom stereocenters. The molecule has 5 heteroatoms. The molecule has 1 aromatic carbocycles. The summed E-state index contributed by atoms with van der Waals surface area (Å²) in [6.45, 7) is 0. The van der Waals surface area contributed by atoms with E-state index in [0.717, 1.165) is 5.82 Å². The molecule has 17 heavy (non-hydrogen) atoms. The first kappa shape index (κ1) is 12.3. The van der Waals surface area contributed by atoms with E-state index in [-0.39, 0.29) is 11.9 Å². The zero-order valence-corrected chi connectivity index (χ0v) is 11.2. The number of halogens is 2. The molecule has 1 heterocycles. The fourth-order valence-corrected chi connectivity index (χ4v) is 2.20. The second-order valence-electron chi connectivity index (χ2n) is 3.76. The highest BCUT2D eigenvalue weighted by Gasteiger charge is 2.20. The van der Waals surface area contributed by atoms with Crippen molar-refractivity contribution in [1.29, 1.82) is 0 Å². The second-order valence-corrected chi connectivity index (χ2v) is 4.62. The van der Waals surface area contributed by atoms with Crippen molar-refractivity contribution in [3.05, 3.63) is 52.3 Å². The lowest BCUT2D eigenvalue weighted by molar-refractivity contribution is 0.549. The second kappa shape index (κ2) is 4.98. The van der Waals surface area contributed by atoms with E-state index in [1.807, 2.05) is 23.9 Å². The third-order valence-corrected chi connectivity index (χ3v) is 3.31. The van der Waals surface area contributed by atoms with Crippen LogP contribution < -0.4 is 5.32 Å². The smallest absolute Gasteiger partial charge is 0.142 e. The largest absolute Gasteiger partial charge is 0.336 e. The van der Waals surface area contributed by atoms with E-state index in [9.17, 15) is 4.39 Å². The van der Waals surface area contributed by atoms with Crippen molar-refractivity contribution in [3.63, 3.8) is 0 Å². The number of hydrogen-bond acceptors (Lipinski definition) is 2. The molecule has 1 aromatic heterocycles. The lowest BCUT2D eigenvalue weighted by atomic mass is 10.1. The maximum atomic E-state index is 14.0. The minimum Gasteiger partial charge on any atom is -0.336 e. The number of aryl methyl sites for hydroxylation is 1. The predicted octanol–water partition coefficient (Wildman–Crippen LogP) is 2.63. The van der Waals surface area contributed by atoms with Gasteiger partial charge in [0.05, 0.1) is 10.5 Å². The van der Waals surface area contributed by atoms with Gasteiger partial charge in [0, 0.05) is 25.0 Å². The summed E-state index contributed by atoms with van der Waals surface area (Å²) in [6, 6.07) is 5.00. The average molecular weight is 298 g/mol. The standard InChI is InChI=1S/C12H13BrFN3/c1-15-11(12-16-6-7-17(12)2)8-4-3-5-9(13)10(8)14/h3-7,11,15H,1-2H3. The van der Waals surface area contributed by atoms with Crippen molar-refractivity contribution in [2.24, 2.45) is 7.05 Å². The molecule has 0 aliphatic carbocycles. The summed E-state index contributed by atoms with van der Waals surface area (Å²) in [5.74, 6) is 0.527. The van der Waals surface area contributed by atoms with Crippen LogP contribution in [0.15, 0.2) is 35.1 Å². The van der Waals surface area contributed by atoms with Gasteiger partial charge >= 0.3 is 0 Å². The zero-order chi connectivity index (χ0) is 12.4. The van der Waals surface area contributed by atoms with E-state index < -0.39 is 0 Å². The fraction of sp³-hybridized carbons (Fsp3) is 0.250. The lowest BCUT2D eigenvalue weighted by Crippen LogP contribution is -2.22. The van der Waals surface area contributed by atoms with E-state index in [2.05, 4.69) is 26.2 Å². The Kier molecular flexibility index (Phi) is 3.59. The summed E-state index contributed by atoms with van der Waals surface area (Å²) in [7, 11) is 3.68. The number of nitrogens with one attached hydrogen (secondary N) is 1. The van der Waals surface area contributed by atoms with E-state index >= 15 is 0 Å². The highest BCUT2D eigenvalue weighted by molar-refractivity contribution is 9.10. The highest BCUT2D eigenvalue weighted by atomic mass is 79.9. The van der Waals surface area contributed by atoms with Gasteiger partial charge in [-0.05, 0) is 29.0 Å². The molecule has 1 N–H and O–H groups in total. The van der Waals surface area contributed by atoms with Gasteiger partial charge in [-0.25, -0.2) is 9.37 Å². The minimum absolute atomic E-state index is 0.255. The van der Waals surface area contributed by atoms with Crippen LogP contribution in [0.3, 0.4) is 0 Å². The fourth-order valence-electron chi connectivity index (χ4n) is 1.82. The zero-order valence-electron chi connectivity index (χ0n) is 9.61. The van der Waals surface area contributed by atoms with Gasteiger partial charge in [0.1, 0.15) is 11.6 Å². The third-order valence-electron chi connectivity index (χ3n) is 2.70. The third kappa shape index (κ3) is 2.25. The normalized spacial score (nSPS) is 12.7. The van der Waals surface area contributed by atoms with Gasteiger partial charge in [-0.1, -0.05) is 12.1 Å². The number of aromatic nitrogens is 2. The molecule has 0 aliphatic heterocycles. The lowest BCUT2D eigenvalue weighted by Gasteiger charge is -2.17. The predicted molar refractivity (Wildman–Crippen MR) is 68.2 cm³/mol. The van der Waals surface area contributed by atoms with E-state index in [1.165, 1.54) is 0 Å². The summed E-state index contributed by atoms with van der Waals surface area (Å²) in [4.78, 5) is 4.25. The van der Waals surface area contributed by atoms with Crippen LogP contribution in [0.5, 0.6) is 0 Å². The van der Waals surface area contributed by atoms with Crippen molar-refractivity contribution >= 4 is 15.9 Å². The molecule has 3 nitrogen and oxygen atoms in total. The summed E-state index contributed by atoms with van der Waals surface area (Å²) in [5.41, 5.74) is 0.580. The topological polar surface area (TPSA) is 29.9 Å². The Bertz CT molecular complexity index is 524. The van der Waals surface area contributed by atoms with Crippen LogP contribution in [-0.2, 0) is 7.05 Å². The number of imidazole rings is 1. The van der Waals surface area contributed by atoms with E-state index in [0.29, 0.717) is 10.0 Å². The van der Waals surface area contributed by atoms with Crippen molar-refractivity contribution in [1.82, 2.24) is 14.9 Å². The summed E-state index contributed by atoms with van der Waals surface area (Å²) in [6.07, 6.45) is 3.55. The molecule has 90 valence electrons. The Hall–Kier alpha value is -1.20. The molecule has 2 rings (SSSR count). The SMILES string of the molecule is CNC(c1cccc(Br)c1F)c1nccn1C. The van der Waals surface area contributed by atoms with Crippen LogP contribution >= 0.6 is 15.9 Å². The van der Waals surface area contributed by atoms with Gasteiger partial charge < -0.3 is 9.88 Å². The first-order valence-electron chi connectivity index (χ1n) is 5.23. The van der Waals surface area contributed by atoms with Crippen LogP contribution in [0.25, 0.3) is 0 Å². The molecule has 0 amide bonds.